The maximum absolute atomic E-state index is 9.36. The van der Waals surface area contributed by atoms with E-state index in [1.807, 2.05) is 0 Å². The molecule has 0 saturated carbocycles. The van der Waals surface area contributed by atoms with Gasteiger partial charge in [0.15, 0.2) is 0 Å². The lowest BCUT2D eigenvalue weighted by atomic mass is 9.98. The first kappa shape index (κ1) is 12.8. The number of halogens is 2. The number of benzene rings is 1. The van der Waals surface area contributed by atoms with Gasteiger partial charge in [-0.05, 0) is 12.1 Å². The fourth-order valence-corrected chi connectivity index (χ4v) is 2.72. The predicted octanol–water partition coefficient (Wildman–Crippen LogP) is 2.40. The average molecular weight is 307 g/mol. The Hall–Kier alpha value is -2.23. The van der Waals surface area contributed by atoms with Crippen LogP contribution in [0.1, 0.15) is 11.6 Å². The van der Waals surface area contributed by atoms with Crippen LogP contribution in [0.4, 0.5) is 5.95 Å². The second kappa shape index (κ2) is 4.71. The van der Waals surface area contributed by atoms with E-state index in [2.05, 4.69) is 21.5 Å². The van der Waals surface area contributed by atoms with E-state index in [1.54, 1.807) is 18.2 Å². The number of anilines is 1. The van der Waals surface area contributed by atoms with Crippen molar-refractivity contribution in [1.29, 1.82) is 5.26 Å². The van der Waals surface area contributed by atoms with Crippen LogP contribution in [0.25, 0.3) is 5.82 Å². The smallest absolute Gasteiger partial charge is 0.228 e. The number of nitrogens with one attached hydrogen (secondary N) is 1. The van der Waals surface area contributed by atoms with Crippen molar-refractivity contribution in [3.05, 3.63) is 45.7 Å². The molecule has 100 valence electrons. The van der Waals surface area contributed by atoms with Crippen molar-refractivity contribution < 1.29 is 0 Å². The first-order valence-electron chi connectivity index (χ1n) is 5.64. The van der Waals surface area contributed by atoms with Gasteiger partial charge in [-0.2, -0.15) is 20.0 Å². The molecule has 2 aromatic rings. The summed E-state index contributed by atoms with van der Waals surface area (Å²) in [5.74, 6) is 0.641. The highest BCUT2D eigenvalue weighted by Gasteiger charge is 2.31. The summed E-state index contributed by atoms with van der Waals surface area (Å²) in [4.78, 5) is 4.04. The molecule has 0 fully saturated rings. The highest BCUT2D eigenvalue weighted by Crippen LogP contribution is 2.39. The lowest BCUT2D eigenvalue weighted by molar-refractivity contribution is 0.795. The molecular formula is C12H8Cl2N6. The Morgan fingerprint density at radius 2 is 2.05 bits per heavy atom. The topological polar surface area (TPSA) is 92.5 Å². The van der Waals surface area contributed by atoms with Gasteiger partial charge in [-0.25, -0.2) is 0 Å². The van der Waals surface area contributed by atoms with Crippen molar-refractivity contribution in [3.8, 4) is 6.07 Å². The molecule has 0 bridgehead atoms. The number of rotatable bonds is 1. The van der Waals surface area contributed by atoms with Crippen LogP contribution in [0.2, 0.25) is 10.0 Å². The van der Waals surface area contributed by atoms with Crippen molar-refractivity contribution >= 4 is 35.0 Å². The number of nitrogens with zero attached hydrogens (tertiary/aromatic N) is 4. The number of hydrogen-bond acceptors (Lipinski definition) is 5. The summed E-state index contributed by atoms with van der Waals surface area (Å²) in [6.45, 7) is 0. The van der Waals surface area contributed by atoms with E-state index in [0.29, 0.717) is 21.6 Å². The maximum Gasteiger partial charge on any atom is 0.228 e. The number of fused-ring (bicyclic) bond motifs is 1. The minimum Gasteiger partial charge on any atom is -0.383 e. The summed E-state index contributed by atoms with van der Waals surface area (Å²) in [5.41, 5.74) is 6.84. The third-order valence-electron chi connectivity index (χ3n) is 3.02. The van der Waals surface area contributed by atoms with Crippen molar-refractivity contribution in [3.63, 3.8) is 0 Å². The predicted molar refractivity (Wildman–Crippen MR) is 75.9 cm³/mol. The van der Waals surface area contributed by atoms with Gasteiger partial charge in [0.05, 0.1) is 11.6 Å². The molecular weight excluding hydrogens is 299 g/mol. The van der Waals surface area contributed by atoms with Crippen molar-refractivity contribution in [2.45, 2.75) is 6.04 Å². The minimum absolute atomic E-state index is 0.208. The van der Waals surface area contributed by atoms with Gasteiger partial charge in [-0.15, -0.1) is 0 Å². The summed E-state index contributed by atoms with van der Waals surface area (Å²) in [6, 6.07) is 6.66. The van der Waals surface area contributed by atoms with Gasteiger partial charge in [-0.1, -0.05) is 29.3 Å². The van der Waals surface area contributed by atoms with Gasteiger partial charge >= 0.3 is 0 Å². The molecule has 0 saturated heterocycles. The standard InChI is InChI=1S/C12H8Cl2N6/c13-7-2-1-3-8(14)9(7)10-6(4-15)11(16)20-12(19-10)17-5-18-20/h1-3,5,10H,16H2,(H,17,18,19)/t10-/m1/s1. The van der Waals surface area contributed by atoms with Crippen LogP contribution in [0, 0.1) is 11.3 Å². The van der Waals surface area contributed by atoms with E-state index in [0.717, 1.165) is 0 Å². The number of hydrogen-bond donors (Lipinski definition) is 2. The zero-order valence-electron chi connectivity index (χ0n) is 10.0. The summed E-state index contributed by atoms with van der Waals surface area (Å²) in [6.07, 6.45) is 1.35. The third kappa shape index (κ3) is 1.80. The number of nitriles is 1. The Morgan fingerprint density at radius 3 is 2.70 bits per heavy atom. The van der Waals surface area contributed by atoms with Crippen LogP contribution >= 0.6 is 23.2 Å². The van der Waals surface area contributed by atoms with E-state index in [4.69, 9.17) is 28.9 Å². The zero-order chi connectivity index (χ0) is 14.3. The first-order valence-corrected chi connectivity index (χ1v) is 6.39. The second-order valence-electron chi connectivity index (χ2n) is 4.12. The summed E-state index contributed by atoms with van der Waals surface area (Å²) < 4.78 is 1.36. The molecule has 0 unspecified atom stereocenters. The molecule has 2 heterocycles. The minimum atomic E-state index is -0.558. The average Bonchev–Trinajstić information content (AvgIpc) is 2.87. The maximum atomic E-state index is 9.36. The Bertz CT molecular complexity index is 737. The highest BCUT2D eigenvalue weighted by atomic mass is 35.5. The van der Waals surface area contributed by atoms with Crippen LogP contribution in [0.3, 0.4) is 0 Å². The Kier molecular flexibility index (Phi) is 3.01. The molecule has 0 aliphatic carbocycles. The molecule has 1 aromatic heterocycles. The van der Waals surface area contributed by atoms with E-state index in [9.17, 15) is 5.26 Å². The van der Waals surface area contributed by atoms with E-state index < -0.39 is 6.04 Å². The second-order valence-corrected chi connectivity index (χ2v) is 4.93. The molecule has 3 rings (SSSR count). The summed E-state index contributed by atoms with van der Waals surface area (Å²) >= 11 is 12.4. The van der Waals surface area contributed by atoms with E-state index in [1.165, 1.54) is 11.0 Å². The Morgan fingerprint density at radius 1 is 1.35 bits per heavy atom. The first-order chi connectivity index (χ1) is 9.63. The zero-order valence-corrected chi connectivity index (χ0v) is 11.5. The van der Waals surface area contributed by atoms with Gasteiger partial charge < -0.3 is 11.1 Å². The largest absolute Gasteiger partial charge is 0.383 e. The van der Waals surface area contributed by atoms with Gasteiger partial charge in [-0.3, -0.25) is 0 Å². The third-order valence-corrected chi connectivity index (χ3v) is 3.68. The van der Waals surface area contributed by atoms with Crippen LogP contribution in [0.5, 0.6) is 0 Å². The molecule has 20 heavy (non-hydrogen) atoms. The van der Waals surface area contributed by atoms with Crippen LogP contribution < -0.4 is 11.1 Å². The van der Waals surface area contributed by atoms with Crippen molar-refractivity contribution in [2.24, 2.45) is 5.73 Å². The molecule has 0 radical (unpaired) electrons. The molecule has 0 amide bonds. The molecule has 1 aliphatic rings. The molecule has 1 aliphatic heterocycles. The summed E-state index contributed by atoms with van der Waals surface area (Å²) in [7, 11) is 0. The van der Waals surface area contributed by atoms with E-state index >= 15 is 0 Å². The van der Waals surface area contributed by atoms with Crippen molar-refractivity contribution in [2.75, 3.05) is 5.32 Å². The van der Waals surface area contributed by atoms with Crippen LogP contribution in [-0.2, 0) is 0 Å². The molecule has 6 nitrogen and oxygen atoms in total. The number of aromatic nitrogens is 3. The molecule has 3 N–H and O–H groups in total. The molecule has 0 spiro atoms. The van der Waals surface area contributed by atoms with Gasteiger partial charge in [0, 0.05) is 15.6 Å². The van der Waals surface area contributed by atoms with Crippen LogP contribution in [-0.4, -0.2) is 14.8 Å². The van der Waals surface area contributed by atoms with Crippen molar-refractivity contribution in [1.82, 2.24) is 14.8 Å². The normalized spacial score (nSPS) is 17.4. The highest BCUT2D eigenvalue weighted by molar-refractivity contribution is 6.36. The molecule has 1 atom stereocenters. The molecule has 1 aromatic carbocycles. The lowest BCUT2D eigenvalue weighted by Gasteiger charge is -2.26. The van der Waals surface area contributed by atoms with Gasteiger partial charge in [0.25, 0.3) is 0 Å². The summed E-state index contributed by atoms with van der Waals surface area (Å²) in [5, 5.41) is 17.3. The van der Waals surface area contributed by atoms with Gasteiger partial charge in [0.1, 0.15) is 18.2 Å². The molecule has 8 heteroatoms. The number of nitrogens with two attached hydrogens (primary N) is 1. The van der Waals surface area contributed by atoms with E-state index in [-0.39, 0.29) is 11.4 Å². The Labute approximate surface area is 124 Å². The fourth-order valence-electron chi connectivity index (χ4n) is 2.10. The monoisotopic (exact) mass is 306 g/mol. The van der Waals surface area contributed by atoms with Gasteiger partial charge in [0.2, 0.25) is 5.95 Å². The van der Waals surface area contributed by atoms with Crippen LogP contribution in [0.15, 0.2) is 30.1 Å². The Balaban J connectivity index is 2.21. The SMILES string of the molecule is N#CC1=C(N)n2ncnc2N[C@H]1c1c(Cl)cccc1Cl. The lowest BCUT2D eigenvalue weighted by Crippen LogP contribution is -2.27. The quantitative estimate of drug-likeness (QED) is 0.844. The fraction of sp³-hybridized carbons (Fsp3) is 0.0833.